The molecule has 4 heterocycles. The zero-order valence-electron chi connectivity index (χ0n) is 17.7. The second kappa shape index (κ2) is 7.73. The number of aromatic amines is 1. The van der Waals surface area contributed by atoms with E-state index in [1.807, 2.05) is 24.3 Å². The predicted molar refractivity (Wildman–Crippen MR) is 124 cm³/mol. The number of para-hydroxylation sites is 3. The Morgan fingerprint density at radius 1 is 1.18 bits per heavy atom. The molecule has 0 bridgehead atoms. The van der Waals surface area contributed by atoms with Gasteiger partial charge in [-0.25, -0.2) is 9.37 Å². The third kappa shape index (κ3) is 3.17. The molecule has 0 radical (unpaired) electrons. The topological polar surface area (TPSA) is 133 Å². The van der Waals surface area contributed by atoms with Crippen LogP contribution in [0.2, 0.25) is 0 Å². The summed E-state index contributed by atoms with van der Waals surface area (Å²) >= 11 is 0. The first-order valence-electron chi connectivity index (χ1n) is 10.5. The number of hydrogen-bond acceptors (Lipinski definition) is 8. The predicted octanol–water partition coefficient (Wildman–Crippen LogP) is 2.63. The summed E-state index contributed by atoms with van der Waals surface area (Å²) < 4.78 is 27.6. The van der Waals surface area contributed by atoms with Gasteiger partial charge >= 0.3 is 0 Å². The molecule has 11 heteroatoms. The number of hydrogen-bond donors (Lipinski definition) is 3. The molecule has 0 spiro atoms. The number of halogens is 1. The van der Waals surface area contributed by atoms with Gasteiger partial charge in [-0.05, 0) is 24.3 Å². The molecule has 2 aromatic carbocycles. The van der Waals surface area contributed by atoms with E-state index in [9.17, 15) is 9.18 Å². The fourth-order valence-corrected chi connectivity index (χ4v) is 4.01. The van der Waals surface area contributed by atoms with Crippen molar-refractivity contribution >= 4 is 33.7 Å². The highest BCUT2D eigenvalue weighted by molar-refractivity contribution is 6.05. The number of nitrogen functional groups attached to an aromatic ring is 1. The van der Waals surface area contributed by atoms with E-state index in [0.717, 1.165) is 0 Å². The molecule has 0 aliphatic carbocycles. The van der Waals surface area contributed by atoms with Gasteiger partial charge in [0.15, 0.2) is 23.0 Å². The maximum absolute atomic E-state index is 14.7. The highest BCUT2D eigenvalue weighted by Crippen LogP contribution is 2.31. The summed E-state index contributed by atoms with van der Waals surface area (Å²) in [7, 11) is 0. The molecule has 0 saturated heterocycles. The molecule has 4 N–H and O–H groups in total. The summed E-state index contributed by atoms with van der Waals surface area (Å²) in [6, 6.07) is 13.4. The lowest BCUT2D eigenvalue weighted by Crippen LogP contribution is -2.35. The Hall–Kier alpha value is -4.67. The Kier molecular flexibility index (Phi) is 4.54. The van der Waals surface area contributed by atoms with Crippen LogP contribution in [0.3, 0.4) is 0 Å². The molecule has 3 aromatic heterocycles. The molecule has 5 aromatic rings. The molecule has 34 heavy (non-hydrogen) atoms. The first kappa shape index (κ1) is 20.0. The van der Waals surface area contributed by atoms with E-state index in [-0.39, 0.29) is 34.6 Å². The van der Waals surface area contributed by atoms with Crippen molar-refractivity contribution in [1.29, 1.82) is 0 Å². The fraction of sp³-hybridized carbons (Fsp3) is 0.130. The number of benzene rings is 2. The van der Waals surface area contributed by atoms with Crippen LogP contribution in [-0.2, 0) is 0 Å². The first-order chi connectivity index (χ1) is 16.6. The molecule has 1 atom stereocenters. The van der Waals surface area contributed by atoms with Crippen LogP contribution in [0.1, 0.15) is 0 Å². The largest absolute Gasteiger partial charge is 0.486 e. The molecule has 170 valence electrons. The van der Waals surface area contributed by atoms with Crippen LogP contribution in [0.5, 0.6) is 11.5 Å². The SMILES string of the molecule is Nc1n[nH]c2c1c(=O)n(-c1ccccc1F)c1nc(NCC3COc4ccccc4O3)ncc21. The van der Waals surface area contributed by atoms with Crippen molar-refractivity contribution in [3.8, 4) is 17.2 Å². The van der Waals surface area contributed by atoms with Crippen molar-refractivity contribution in [3.05, 3.63) is 70.9 Å². The summed E-state index contributed by atoms with van der Waals surface area (Å²) in [5, 5.41) is 10.4. The minimum absolute atomic E-state index is 0.0175. The van der Waals surface area contributed by atoms with Crippen molar-refractivity contribution in [2.24, 2.45) is 0 Å². The number of ether oxygens (including phenoxy) is 2. The Labute approximate surface area is 191 Å². The van der Waals surface area contributed by atoms with Gasteiger partial charge in [-0.15, -0.1) is 0 Å². The highest BCUT2D eigenvalue weighted by Gasteiger charge is 2.22. The molecule has 0 amide bonds. The third-order valence-corrected chi connectivity index (χ3v) is 5.61. The average molecular weight is 459 g/mol. The molecular formula is C23H18FN7O3. The molecule has 1 aliphatic rings. The van der Waals surface area contributed by atoms with E-state index in [2.05, 4.69) is 25.5 Å². The lowest BCUT2D eigenvalue weighted by Gasteiger charge is -2.26. The van der Waals surface area contributed by atoms with Gasteiger partial charge in [-0.3, -0.25) is 14.5 Å². The summed E-state index contributed by atoms with van der Waals surface area (Å²) in [4.78, 5) is 22.2. The van der Waals surface area contributed by atoms with Gasteiger partial charge in [0.2, 0.25) is 5.95 Å². The molecular weight excluding hydrogens is 441 g/mol. The molecule has 1 unspecified atom stereocenters. The summed E-state index contributed by atoms with van der Waals surface area (Å²) in [5.41, 5.74) is 6.02. The zero-order chi connectivity index (χ0) is 23.2. The van der Waals surface area contributed by atoms with Crippen molar-refractivity contribution in [3.63, 3.8) is 0 Å². The highest BCUT2D eigenvalue weighted by atomic mass is 19.1. The molecule has 10 nitrogen and oxygen atoms in total. The van der Waals surface area contributed by atoms with Crippen LogP contribution in [0.25, 0.3) is 27.6 Å². The smallest absolute Gasteiger partial charge is 0.270 e. The number of aromatic nitrogens is 5. The van der Waals surface area contributed by atoms with Crippen LogP contribution < -0.4 is 26.1 Å². The second-order valence-corrected chi connectivity index (χ2v) is 7.76. The lowest BCUT2D eigenvalue weighted by molar-refractivity contribution is 0.0996. The minimum atomic E-state index is -0.577. The van der Waals surface area contributed by atoms with Crippen molar-refractivity contribution in [1.82, 2.24) is 24.7 Å². The summed E-state index contributed by atoms with van der Waals surface area (Å²) in [6.07, 6.45) is 1.26. The average Bonchev–Trinajstić information content (AvgIpc) is 3.25. The summed E-state index contributed by atoms with van der Waals surface area (Å²) in [6.45, 7) is 0.703. The van der Waals surface area contributed by atoms with E-state index >= 15 is 0 Å². The van der Waals surface area contributed by atoms with Crippen LogP contribution >= 0.6 is 0 Å². The van der Waals surface area contributed by atoms with E-state index in [1.54, 1.807) is 12.1 Å². The standard InChI is InChI=1S/C23H18FN7O3/c24-14-5-1-2-6-15(14)31-21-13(19-18(22(31)32)20(25)30-29-19)10-27-23(28-21)26-9-12-11-33-16-7-3-4-8-17(16)34-12/h1-8,10,12H,9,11H2,(H3,25,29,30)(H,26,27,28). The number of nitrogens with two attached hydrogens (primary N) is 1. The van der Waals surface area contributed by atoms with Crippen LogP contribution in [0.15, 0.2) is 59.5 Å². The fourth-order valence-electron chi connectivity index (χ4n) is 4.01. The maximum Gasteiger partial charge on any atom is 0.270 e. The number of pyridine rings is 1. The normalized spacial score (nSPS) is 15.0. The van der Waals surface area contributed by atoms with Gasteiger partial charge in [0.1, 0.15) is 23.9 Å². The monoisotopic (exact) mass is 459 g/mol. The zero-order valence-corrected chi connectivity index (χ0v) is 17.7. The quantitative estimate of drug-likeness (QED) is 0.374. The van der Waals surface area contributed by atoms with Crippen molar-refractivity contribution in [2.45, 2.75) is 6.10 Å². The van der Waals surface area contributed by atoms with Crippen LogP contribution in [-0.4, -0.2) is 44.0 Å². The first-order valence-corrected chi connectivity index (χ1v) is 10.5. The number of anilines is 2. The van der Waals surface area contributed by atoms with Gasteiger partial charge in [0.25, 0.3) is 5.56 Å². The van der Waals surface area contributed by atoms with Gasteiger partial charge in [-0.2, -0.15) is 10.1 Å². The van der Waals surface area contributed by atoms with E-state index in [0.29, 0.717) is 35.6 Å². The second-order valence-electron chi connectivity index (χ2n) is 7.76. The number of nitrogens with zero attached hydrogens (tertiary/aromatic N) is 4. The van der Waals surface area contributed by atoms with Crippen molar-refractivity contribution in [2.75, 3.05) is 24.2 Å². The number of fused-ring (bicyclic) bond motifs is 4. The van der Waals surface area contributed by atoms with E-state index < -0.39 is 11.4 Å². The van der Waals surface area contributed by atoms with Gasteiger partial charge in [0, 0.05) is 6.20 Å². The van der Waals surface area contributed by atoms with Gasteiger partial charge in [-0.1, -0.05) is 24.3 Å². The third-order valence-electron chi connectivity index (χ3n) is 5.61. The van der Waals surface area contributed by atoms with E-state index in [4.69, 9.17) is 15.2 Å². The van der Waals surface area contributed by atoms with Crippen LogP contribution in [0, 0.1) is 5.82 Å². The van der Waals surface area contributed by atoms with Gasteiger partial charge in [0.05, 0.1) is 23.1 Å². The number of rotatable bonds is 4. The summed E-state index contributed by atoms with van der Waals surface area (Å²) in [5.74, 6) is 1.03. The van der Waals surface area contributed by atoms with Gasteiger partial charge < -0.3 is 20.5 Å². The molecule has 1 aliphatic heterocycles. The van der Waals surface area contributed by atoms with Crippen molar-refractivity contribution < 1.29 is 13.9 Å². The molecule has 0 fully saturated rings. The Balaban J connectivity index is 1.41. The minimum Gasteiger partial charge on any atom is -0.486 e. The number of nitrogens with one attached hydrogen (secondary N) is 2. The number of H-pyrrole nitrogens is 1. The van der Waals surface area contributed by atoms with Crippen LogP contribution in [0.4, 0.5) is 16.2 Å². The molecule has 0 saturated carbocycles. The maximum atomic E-state index is 14.7. The Morgan fingerprint density at radius 3 is 2.82 bits per heavy atom. The lowest BCUT2D eigenvalue weighted by atomic mass is 10.2. The van der Waals surface area contributed by atoms with E-state index in [1.165, 1.54) is 22.9 Å². The molecule has 6 rings (SSSR count). The Bertz CT molecular complexity index is 1610. The Morgan fingerprint density at radius 2 is 1.97 bits per heavy atom.